The molecule has 2 aromatic rings. The Bertz CT molecular complexity index is 904. The van der Waals surface area contributed by atoms with Crippen LogP contribution in [0.15, 0.2) is 42.5 Å². The molecule has 28 heavy (non-hydrogen) atoms. The van der Waals surface area contributed by atoms with Crippen molar-refractivity contribution in [3.8, 4) is 0 Å². The summed E-state index contributed by atoms with van der Waals surface area (Å²) in [6.07, 6.45) is 3.94. The van der Waals surface area contributed by atoms with Crippen LogP contribution in [0, 0.1) is 12.8 Å². The highest BCUT2D eigenvalue weighted by molar-refractivity contribution is 5.98. The van der Waals surface area contributed by atoms with E-state index in [0.29, 0.717) is 0 Å². The van der Waals surface area contributed by atoms with Gasteiger partial charge in [-0.2, -0.15) is 0 Å². The van der Waals surface area contributed by atoms with Crippen molar-refractivity contribution >= 4 is 28.9 Å². The molecule has 2 N–H and O–H groups in total. The number of amides is 2. The summed E-state index contributed by atoms with van der Waals surface area (Å²) in [5, 5.41) is 6.25. The van der Waals surface area contributed by atoms with Gasteiger partial charge < -0.3 is 15.5 Å². The predicted octanol–water partition coefficient (Wildman–Crippen LogP) is 4.12. The third kappa shape index (κ3) is 3.88. The first-order chi connectivity index (χ1) is 13.5. The summed E-state index contributed by atoms with van der Waals surface area (Å²) in [4.78, 5) is 26.9. The number of aryl methyl sites for hydroxylation is 2. The van der Waals surface area contributed by atoms with Gasteiger partial charge >= 0.3 is 0 Å². The molecule has 1 aliphatic carbocycles. The second-order valence-electron chi connectivity index (χ2n) is 7.93. The van der Waals surface area contributed by atoms with Crippen LogP contribution in [0.3, 0.4) is 0 Å². The molecular formula is C23H27N3O2. The van der Waals surface area contributed by atoms with Crippen molar-refractivity contribution in [2.24, 2.45) is 5.92 Å². The fraction of sp³-hybridized carbons (Fsp3) is 0.391. The molecule has 146 valence electrons. The number of para-hydroxylation sites is 1. The SMILES string of the molecule is Cc1ccc(NC(=O)C2CC2)cc1NCC(=O)N1c2ccccc2CCC1C. The molecule has 1 aliphatic heterocycles. The van der Waals surface area contributed by atoms with E-state index < -0.39 is 0 Å². The molecule has 2 amide bonds. The van der Waals surface area contributed by atoms with Gasteiger partial charge in [-0.05, 0) is 68.9 Å². The highest BCUT2D eigenvalue weighted by atomic mass is 16.2. The van der Waals surface area contributed by atoms with Crippen molar-refractivity contribution in [2.75, 3.05) is 22.1 Å². The molecule has 1 fully saturated rings. The average Bonchev–Trinajstić information content (AvgIpc) is 3.53. The second-order valence-corrected chi connectivity index (χ2v) is 7.93. The normalized spacial score (nSPS) is 18.4. The van der Waals surface area contributed by atoms with Gasteiger partial charge in [0.05, 0.1) is 6.54 Å². The summed E-state index contributed by atoms with van der Waals surface area (Å²) in [6.45, 7) is 4.32. The van der Waals surface area contributed by atoms with Crippen LogP contribution in [0.25, 0.3) is 0 Å². The van der Waals surface area contributed by atoms with Crippen LogP contribution in [-0.4, -0.2) is 24.4 Å². The van der Waals surface area contributed by atoms with Gasteiger partial charge in [-0.3, -0.25) is 9.59 Å². The number of carbonyl (C=O) groups is 2. The summed E-state index contributed by atoms with van der Waals surface area (Å²) < 4.78 is 0. The molecule has 0 radical (unpaired) electrons. The Morgan fingerprint density at radius 1 is 1.11 bits per heavy atom. The monoisotopic (exact) mass is 377 g/mol. The van der Waals surface area contributed by atoms with E-state index in [1.807, 2.05) is 48.2 Å². The smallest absolute Gasteiger partial charge is 0.246 e. The van der Waals surface area contributed by atoms with Gasteiger partial charge in [-0.1, -0.05) is 24.3 Å². The molecule has 1 heterocycles. The van der Waals surface area contributed by atoms with E-state index in [1.54, 1.807) is 0 Å². The Hall–Kier alpha value is -2.82. The van der Waals surface area contributed by atoms with Crippen LogP contribution >= 0.6 is 0 Å². The van der Waals surface area contributed by atoms with Crippen molar-refractivity contribution in [1.82, 2.24) is 0 Å². The third-order valence-electron chi connectivity index (χ3n) is 5.68. The molecule has 1 atom stereocenters. The van der Waals surface area contributed by atoms with Crippen LogP contribution in [0.2, 0.25) is 0 Å². The van der Waals surface area contributed by atoms with Crippen molar-refractivity contribution in [3.63, 3.8) is 0 Å². The number of nitrogens with one attached hydrogen (secondary N) is 2. The predicted molar refractivity (Wildman–Crippen MR) is 113 cm³/mol. The standard InChI is InChI=1S/C23H27N3O2/c1-15-7-12-19(25-23(28)18-10-11-18)13-20(15)24-14-22(27)26-16(2)8-9-17-5-3-4-6-21(17)26/h3-7,12-13,16,18,24H,8-11,14H2,1-2H3,(H,25,28). The lowest BCUT2D eigenvalue weighted by atomic mass is 9.96. The zero-order valence-corrected chi connectivity index (χ0v) is 16.5. The van der Waals surface area contributed by atoms with Gasteiger partial charge in [0, 0.05) is 29.0 Å². The molecular weight excluding hydrogens is 350 g/mol. The lowest BCUT2D eigenvalue weighted by molar-refractivity contribution is -0.118. The number of benzene rings is 2. The van der Waals surface area contributed by atoms with Crippen molar-refractivity contribution in [1.29, 1.82) is 0 Å². The zero-order valence-electron chi connectivity index (χ0n) is 16.5. The van der Waals surface area contributed by atoms with E-state index in [1.165, 1.54) is 5.56 Å². The highest BCUT2D eigenvalue weighted by Crippen LogP contribution is 2.32. The number of nitrogens with zero attached hydrogens (tertiary/aromatic N) is 1. The van der Waals surface area contributed by atoms with Gasteiger partial charge in [0.1, 0.15) is 0 Å². The maximum absolute atomic E-state index is 13.0. The molecule has 5 heteroatoms. The van der Waals surface area contributed by atoms with E-state index in [4.69, 9.17) is 0 Å². The summed E-state index contributed by atoms with van der Waals surface area (Å²) in [5.74, 6) is 0.316. The summed E-state index contributed by atoms with van der Waals surface area (Å²) >= 11 is 0. The third-order valence-corrected chi connectivity index (χ3v) is 5.68. The van der Waals surface area contributed by atoms with Crippen molar-refractivity contribution < 1.29 is 9.59 Å². The minimum absolute atomic E-state index is 0.0615. The molecule has 0 spiro atoms. The number of hydrogen-bond acceptors (Lipinski definition) is 3. The fourth-order valence-electron chi connectivity index (χ4n) is 3.80. The van der Waals surface area contributed by atoms with Gasteiger partial charge in [0.15, 0.2) is 0 Å². The summed E-state index contributed by atoms with van der Waals surface area (Å²) in [7, 11) is 0. The number of carbonyl (C=O) groups excluding carboxylic acids is 2. The first kappa shape index (κ1) is 18.5. The zero-order chi connectivity index (χ0) is 19.7. The summed E-state index contributed by atoms with van der Waals surface area (Å²) in [5.41, 5.74) is 4.95. The molecule has 5 nitrogen and oxygen atoms in total. The van der Waals surface area contributed by atoms with Crippen LogP contribution in [0.1, 0.15) is 37.3 Å². The number of anilines is 3. The molecule has 1 saturated carbocycles. The quantitative estimate of drug-likeness (QED) is 0.824. The van der Waals surface area contributed by atoms with Crippen LogP contribution < -0.4 is 15.5 Å². The summed E-state index contributed by atoms with van der Waals surface area (Å²) in [6, 6.07) is 14.1. The average molecular weight is 377 g/mol. The fourth-order valence-corrected chi connectivity index (χ4v) is 3.80. The minimum Gasteiger partial charge on any atom is -0.376 e. The van der Waals surface area contributed by atoms with E-state index in [-0.39, 0.29) is 30.3 Å². The first-order valence-corrected chi connectivity index (χ1v) is 10.1. The van der Waals surface area contributed by atoms with E-state index in [2.05, 4.69) is 23.6 Å². The van der Waals surface area contributed by atoms with Crippen LogP contribution in [-0.2, 0) is 16.0 Å². The van der Waals surface area contributed by atoms with E-state index >= 15 is 0 Å². The number of hydrogen-bond donors (Lipinski definition) is 2. The molecule has 0 bridgehead atoms. The molecule has 1 unspecified atom stereocenters. The maximum Gasteiger partial charge on any atom is 0.246 e. The number of rotatable bonds is 5. The lowest BCUT2D eigenvalue weighted by Crippen LogP contribution is -2.44. The Labute approximate surface area is 166 Å². The Morgan fingerprint density at radius 3 is 2.68 bits per heavy atom. The first-order valence-electron chi connectivity index (χ1n) is 10.1. The van der Waals surface area contributed by atoms with Crippen molar-refractivity contribution in [3.05, 3.63) is 53.6 Å². The van der Waals surface area contributed by atoms with E-state index in [0.717, 1.165) is 48.3 Å². The number of fused-ring (bicyclic) bond motifs is 1. The Balaban J connectivity index is 1.45. The molecule has 4 rings (SSSR count). The molecule has 2 aromatic carbocycles. The van der Waals surface area contributed by atoms with Crippen molar-refractivity contribution in [2.45, 2.75) is 45.6 Å². The lowest BCUT2D eigenvalue weighted by Gasteiger charge is -2.35. The molecule has 2 aliphatic rings. The molecule has 0 aromatic heterocycles. The second kappa shape index (κ2) is 7.66. The maximum atomic E-state index is 13.0. The van der Waals surface area contributed by atoms with Gasteiger partial charge in [0.2, 0.25) is 11.8 Å². The van der Waals surface area contributed by atoms with Crippen LogP contribution in [0.5, 0.6) is 0 Å². The largest absolute Gasteiger partial charge is 0.376 e. The van der Waals surface area contributed by atoms with Crippen LogP contribution in [0.4, 0.5) is 17.1 Å². The van der Waals surface area contributed by atoms with E-state index in [9.17, 15) is 9.59 Å². The minimum atomic E-state index is 0.0615. The van der Waals surface area contributed by atoms with Gasteiger partial charge in [-0.25, -0.2) is 0 Å². The Morgan fingerprint density at radius 2 is 1.89 bits per heavy atom. The van der Waals surface area contributed by atoms with Gasteiger partial charge in [-0.15, -0.1) is 0 Å². The molecule has 0 saturated heterocycles. The Kier molecular flexibility index (Phi) is 5.07. The topological polar surface area (TPSA) is 61.4 Å². The highest BCUT2D eigenvalue weighted by Gasteiger charge is 2.30. The van der Waals surface area contributed by atoms with Gasteiger partial charge in [0.25, 0.3) is 0 Å².